The zero-order valence-electron chi connectivity index (χ0n) is 15.4. The second-order valence-corrected chi connectivity index (χ2v) is 7.15. The zero-order valence-corrected chi connectivity index (χ0v) is 16.9. The molecule has 3 aromatic carbocycles. The van der Waals surface area contributed by atoms with Crippen LogP contribution < -0.4 is 15.0 Å². The van der Waals surface area contributed by atoms with Gasteiger partial charge in [0, 0.05) is 11.1 Å². The summed E-state index contributed by atoms with van der Waals surface area (Å²) in [5.74, 6) is 0.963. The van der Waals surface area contributed by atoms with Crippen LogP contribution in [0.15, 0.2) is 71.8 Å². The molecule has 1 aromatic heterocycles. The van der Waals surface area contributed by atoms with E-state index in [0.29, 0.717) is 44.7 Å². The van der Waals surface area contributed by atoms with Crippen LogP contribution in [0.3, 0.4) is 0 Å². The Morgan fingerprint density at radius 2 is 1.79 bits per heavy atom. The van der Waals surface area contributed by atoms with Gasteiger partial charge >= 0.3 is 0 Å². The quantitative estimate of drug-likeness (QED) is 0.435. The number of nitrogens with zero attached hydrogens (tertiary/aromatic N) is 2. The highest BCUT2D eigenvalue weighted by atomic mass is 35.5. The van der Waals surface area contributed by atoms with E-state index in [9.17, 15) is 4.79 Å². The van der Waals surface area contributed by atoms with Crippen LogP contribution >= 0.6 is 23.2 Å². The molecule has 0 N–H and O–H groups in total. The lowest BCUT2D eigenvalue weighted by molar-refractivity contribution is 0.285. The highest BCUT2D eigenvalue weighted by molar-refractivity contribution is 6.35. The molecule has 1 heterocycles. The predicted molar refractivity (Wildman–Crippen MR) is 115 cm³/mol. The molecule has 0 saturated carbocycles. The third kappa shape index (κ3) is 3.92. The lowest BCUT2D eigenvalue weighted by Gasteiger charge is -2.13. The van der Waals surface area contributed by atoms with Crippen molar-refractivity contribution in [1.29, 1.82) is 0 Å². The van der Waals surface area contributed by atoms with Crippen molar-refractivity contribution in [3.05, 3.63) is 93.0 Å². The maximum atomic E-state index is 13.1. The number of halogens is 2. The Hall–Kier alpha value is -3.02. The minimum atomic E-state index is -0.271. The molecule has 0 atom stereocenters. The highest BCUT2D eigenvalue weighted by Gasteiger charge is 2.14. The molecule has 0 fully saturated rings. The number of hydrogen-bond acceptors (Lipinski definition) is 4. The van der Waals surface area contributed by atoms with Crippen LogP contribution in [-0.2, 0) is 6.61 Å². The van der Waals surface area contributed by atoms with Crippen LogP contribution in [-0.4, -0.2) is 16.7 Å². The van der Waals surface area contributed by atoms with Crippen LogP contribution in [0, 0.1) is 0 Å². The van der Waals surface area contributed by atoms with E-state index in [2.05, 4.69) is 4.98 Å². The lowest BCUT2D eigenvalue weighted by Crippen LogP contribution is -2.19. The van der Waals surface area contributed by atoms with E-state index in [1.807, 2.05) is 30.3 Å². The summed E-state index contributed by atoms with van der Waals surface area (Å²) in [6, 6.07) is 18.0. The molecule has 4 rings (SSSR count). The number of methoxy groups -OCH3 is 1. The monoisotopic (exact) mass is 426 g/mol. The first kappa shape index (κ1) is 19.3. The van der Waals surface area contributed by atoms with Gasteiger partial charge in [-0.05, 0) is 29.8 Å². The summed E-state index contributed by atoms with van der Waals surface area (Å²) in [5, 5.41) is 1.24. The largest absolute Gasteiger partial charge is 0.493 e. The molecule has 0 aliphatic carbocycles. The number of aromatic nitrogens is 2. The Morgan fingerprint density at radius 1 is 1.00 bits per heavy atom. The first-order chi connectivity index (χ1) is 14.1. The van der Waals surface area contributed by atoms with Gasteiger partial charge in [-0.15, -0.1) is 0 Å². The van der Waals surface area contributed by atoms with Crippen LogP contribution in [0.4, 0.5) is 0 Å². The Kier molecular flexibility index (Phi) is 5.43. The topological polar surface area (TPSA) is 53.4 Å². The highest BCUT2D eigenvalue weighted by Crippen LogP contribution is 2.31. The summed E-state index contributed by atoms with van der Waals surface area (Å²) in [7, 11) is 1.53. The van der Waals surface area contributed by atoms with E-state index in [4.69, 9.17) is 32.7 Å². The maximum Gasteiger partial charge on any atom is 0.265 e. The van der Waals surface area contributed by atoms with Gasteiger partial charge in [0.1, 0.15) is 12.9 Å². The molecule has 0 amide bonds. The summed E-state index contributed by atoms with van der Waals surface area (Å²) in [5.41, 5.74) is 1.75. The minimum Gasteiger partial charge on any atom is -0.493 e. The number of ether oxygens (including phenoxy) is 2. The lowest BCUT2D eigenvalue weighted by atomic mass is 10.2. The van der Waals surface area contributed by atoms with Crippen LogP contribution in [0.5, 0.6) is 11.5 Å². The Labute approximate surface area is 177 Å². The number of hydrogen-bond donors (Lipinski definition) is 0. The fourth-order valence-corrected chi connectivity index (χ4v) is 3.48. The molecule has 7 heteroatoms. The third-order valence-electron chi connectivity index (χ3n) is 4.45. The molecule has 0 spiro atoms. The van der Waals surface area contributed by atoms with Gasteiger partial charge in [0.2, 0.25) is 0 Å². The van der Waals surface area contributed by atoms with Crippen molar-refractivity contribution in [2.75, 3.05) is 7.11 Å². The molecular weight excluding hydrogens is 411 g/mol. The van der Waals surface area contributed by atoms with Gasteiger partial charge in [-0.3, -0.25) is 9.36 Å². The predicted octanol–water partition coefficient (Wildman–Crippen LogP) is 5.28. The van der Waals surface area contributed by atoms with Gasteiger partial charge in [-0.1, -0.05) is 53.5 Å². The molecular formula is C22H16Cl2N2O3. The first-order valence-electron chi connectivity index (χ1n) is 8.78. The molecule has 5 nitrogen and oxygen atoms in total. The van der Waals surface area contributed by atoms with Gasteiger partial charge < -0.3 is 9.47 Å². The van der Waals surface area contributed by atoms with Crippen molar-refractivity contribution < 1.29 is 9.47 Å². The molecule has 146 valence electrons. The van der Waals surface area contributed by atoms with E-state index in [1.165, 1.54) is 18.0 Å². The second kappa shape index (κ2) is 8.15. The second-order valence-electron chi connectivity index (χ2n) is 6.31. The maximum absolute atomic E-state index is 13.1. The van der Waals surface area contributed by atoms with Crippen molar-refractivity contribution in [3.63, 3.8) is 0 Å². The van der Waals surface area contributed by atoms with Crippen molar-refractivity contribution in [2.24, 2.45) is 0 Å². The molecule has 0 radical (unpaired) electrons. The van der Waals surface area contributed by atoms with Crippen LogP contribution in [0.2, 0.25) is 10.0 Å². The smallest absolute Gasteiger partial charge is 0.265 e. The Bertz CT molecular complexity index is 1240. The molecule has 0 unspecified atom stereocenters. The van der Waals surface area contributed by atoms with E-state index in [-0.39, 0.29) is 5.56 Å². The van der Waals surface area contributed by atoms with Crippen molar-refractivity contribution in [2.45, 2.75) is 6.61 Å². The number of fused-ring (bicyclic) bond motifs is 1. The average molecular weight is 427 g/mol. The molecule has 0 bridgehead atoms. The first-order valence-corrected chi connectivity index (χ1v) is 9.54. The van der Waals surface area contributed by atoms with Gasteiger partial charge in [-0.2, -0.15) is 0 Å². The van der Waals surface area contributed by atoms with E-state index in [1.54, 1.807) is 30.3 Å². The van der Waals surface area contributed by atoms with E-state index in [0.717, 1.165) is 5.56 Å². The minimum absolute atomic E-state index is 0.271. The van der Waals surface area contributed by atoms with Crippen molar-refractivity contribution in [1.82, 2.24) is 9.55 Å². The summed E-state index contributed by atoms with van der Waals surface area (Å²) >= 11 is 12.2. The fraction of sp³-hybridized carbons (Fsp3) is 0.0909. The summed E-state index contributed by atoms with van der Waals surface area (Å²) < 4.78 is 12.7. The van der Waals surface area contributed by atoms with E-state index >= 15 is 0 Å². The number of benzene rings is 3. The molecule has 4 aromatic rings. The summed E-state index contributed by atoms with van der Waals surface area (Å²) in [6.45, 7) is 0.375. The van der Waals surface area contributed by atoms with Crippen LogP contribution in [0.25, 0.3) is 16.6 Å². The normalized spacial score (nSPS) is 10.9. The Morgan fingerprint density at radius 3 is 2.52 bits per heavy atom. The van der Waals surface area contributed by atoms with E-state index < -0.39 is 0 Å². The summed E-state index contributed by atoms with van der Waals surface area (Å²) in [6.07, 6.45) is 1.44. The fourth-order valence-electron chi connectivity index (χ4n) is 2.99. The number of rotatable bonds is 5. The summed E-state index contributed by atoms with van der Waals surface area (Å²) in [4.78, 5) is 17.5. The van der Waals surface area contributed by atoms with Gasteiger partial charge in [0.25, 0.3) is 5.56 Å². The third-order valence-corrected chi connectivity index (χ3v) is 4.99. The van der Waals surface area contributed by atoms with Gasteiger partial charge in [-0.25, -0.2) is 4.98 Å². The van der Waals surface area contributed by atoms with Gasteiger partial charge in [0.15, 0.2) is 11.5 Å². The van der Waals surface area contributed by atoms with Crippen molar-refractivity contribution >= 4 is 34.1 Å². The average Bonchev–Trinajstić information content (AvgIpc) is 2.73. The Balaban J connectivity index is 1.76. The van der Waals surface area contributed by atoms with Gasteiger partial charge in [0.05, 0.1) is 28.7 Å². The standard InChI is InChI=1S/C22H16Cl2N2O3/c1-28-20-10-16-18(11-21(20)29-12-14-5-3-2-4-6-14)25-13-26(22(16)27)19-8-7-15(23)9-17(19)24/h2-11,13H,12H2,1H3. The van der Waals surface area contributed by atoms with Crippen LogP contribution in [0.1, 0.15) is 5.56 Å². The molecule has 0 saturated heterocycles. The van der Waals surface area contributed by atoms with Crippen molar-refractivity contribution in [3.8, 4) is 17.2 Å². The molecule has 0 aliphatic rings. The molecule has 29 heavy (non-hydrogen) atoms. The SMILES string of the molecule is COc1cc2c(=O)n(-c3ccc(Cl)cc3Cl)cnc2cc1OCc1ccccc1. The zero-order chi connectivity index (χ0) is 20.4. The molecule has 0 aliphatic heterocycles.